The largest absolute Gasteiger partial charge is 0.490 e. The van der Waals surface area contributed by atoms with E-state index in [1.165, 1.54) is 6.08 Å². The van der Waals surface area contributed by atoms with Gasteiger partial charge in [-0.15, -0.1) is 0 Å². The van der Waals surface area contributed by atoms with E-state index in [0.29, 0.717) is 13.0 Å². The number of carbonyl (C=O) groups is 1. The molecule has 0 N–H and O–H groups in total. The Morgan fingerprint density at radius 2 is 2.25 bits per heavy atom. The summed E-state index contributed by atoms with van der Waals surface area (Å²) in [7, 11) is 0. The highest BCUT2D eigenvalue weighted by atomic mass is 19.3. The van der Waals surface area contributed by atoms with Gasteiger partial charge in [-0.05, 0) is 6.08 Å². The molecule has 0 radical (unpaired) electrons. The van der Waals surface area contributed by atoms with Crippen LogP contribution in [-0.4, -0.2) is 38.0 Å². The molecule has 0 aromatic rings. The molecule has 0 saturated heterocycles. The summed E-state index contributed by atoms with van der Waals surface area (Å²) >= 11 is 0. The van der Waals surface area contributed by atoms with E-state index in [0.717, 1.165) is 0 Å². The fourth-order valence-electron chi connectivity index (χ4n) is 1.03. The maximum Gasteiger partial charge on any atom is 0.330 e. The van der Waals surface area contributed by atoms with E-state index in [4.69, 9.17) is 4.74 Å². The first kappa shape index (κ1) is 13.0. The van der Waals surface area contributed by atoms with Gasteiger partial charge in [0.25, 0.3) is 0 Å². The minimum atomic E-state index is -4.23. The van der Waals surface area contributed by atoms with Crippen molar-refractivity contribution in [2.45, 2.75) is 18.8 Å². The maximum atomic E-state index is 12.3. The van der Waals surface area contributed by atoms with Gasteiger partial charge in [-0.3, -0.25) is 4.79 Å². The van der Waals surface area contributed by atoms with Crippen LogP contribution < -0.4 is 0 Å². The van der Waals surface area contributed by atoms with Crippen LogP contribution in [0, 0.1) is 0 Å². The number of rotatable bonds is 6. The van der Waals surface area contributed by atoms with Crippen LogP contribution in [0.25, 0.3) is 0 Å². The van der Waals surface area contributed by atoms with E-state index < -0.39 is 31.3 Å². The Kier molecular flexibility index (Phi) is 4.28. The number of hydrogen-bond donors (Lipinski definition) is 0. The van der Waals surface area contributed by atoms with E-state index in [9.17, 15) is 22.4 Å². The quantitative estimate of drug-likeness (QED) is 0.666. The van der Waals surface area contributed by atoms with Gasteiger partial charge in [0.2, 0.25) is 5.78 Å². The van der Waals surface area contributed by atoms with Crippen LogP contribution in [0.1, 0.15) is 6.42 Å². The second-order valence-electron chi connectivity index (χ2n) is 3.18. The van der Waals surface area contributed by atoms with Crippen molar-refractivity contribution in [3.05, 3.63) is 11.8 Å². The second-order valence-corrected chi connectivity index (χ2v) is 3.18. The smallest absolute Gasteiger partial charge is 0.330 e. The monoisotopic (exact) mass is 242 g/mol. The Hall–Kier alpha value is -1.11. The highest BCUT2D eigenvalue weighted by molar-refractivity contribution is 5.94. The Bertz CT molecular complexity index is 288. The summed E-state index contributed by atoms with van der Waals surface area (Å²) in [5, 5.41) is 0. The SMILES string of the molecule is O=C(COCC(F)(F)C(F)F)C1=CCCO1. The number of Topliss-reactive ketones (excluding diaryl/α,β-unsaturated/α-hetero) is 1. The first-order valence-corrected chi connectivity index (χ1v) is 4.53. The van der Waals surface area contributed by atoms with Gasteiger partial charge in [0.1, 0.15) is 13.2 Å². The lowest BCUT2D eigenvalue weighted by atomic mass is 10.3. The topological polar surface area (TPSA) is 35.5 Å². The van der Waals surface area contributed by atoms with E-state index >= 15 is 0 Å². The van der Waals surface area contributed by atoms with Gasteiger partial charge in [0.15, 0.2) is 5.76 Å². The van der Waals surface area contributed by atoms with Crippen molar-refractivity contribution >= 4 is 5.78 Å². The summed E-state index contributed by atoms with van der Waals surface area (Å²) in [5.74, 6) is -4.81. The van der Waals surface area contributed by atoms with Gasteiger partial charge in [-0.25, -0.2) is 8.78 Å². The van der Waals surface area contributed by atoms with Crippen molar-refractivity contribution in [2.24, 2.45) is 0 Å². The molecule has 0 spiro atoms. The number of ketones is 1. The number of alkyl halides is 4. The molecule has 1 rings (SSSR count). The van der Waals surface area contributed by atoms with Crippen LogP contribution in [0.4, 0.5) is 17.6 Å². The molecule has 0 bridgehead atoms. The summed E-state index contributed by atoms with van der Waals surface area (Å²) in [5.41, 5.74) is 0. The van der Waals surface area contributed by atoms with Crippen LogP contribution in [0.15, 0.2) is 11.8 Å². The lowest BCUT2D eigenvalue weighted by Gasteiger charge is -2.14. The second kappa shape index (κ2) is 5.29. The van der Waals surface area contributed by atoms with Crippen LogP contribution in [0.3, 0.4) is 0 Å². The van der Waals surface area contributed by atoms with Crippen molar-refractivity contribution in [3.63, 3.8) is 0 Å². The molecule has 1 aliphatic rings. The van der Waals surface area contributed by atoms with Crippen molar-refractivity contribution in [2.75, 3.05) is 19.8 Å². The highest BCUT2D eigenvalue weighted by Gasteiger charge is 2.41. The van der Waals surface area contributed by atoms with Crippen molar-refractivity contribution in [1.82, 2.24) is 0 Å². The lowest BCUT2D eigenvalue weighted by molar-refractivity contribution is -0.167. The predicted molar refractivity (Wildman–Crippen MR) is 45.4 cm³/mol. The van der Waals surface area contributed by atoms with Gasteiger partial charge in [0, 0.05) is 6.42 Å². The number of halogens is 4. The van der Waals surface area contributed by atoms with Gasteiger partial charge >= 0.3 is 12.3 Å². The standard InChI is InChI=1S/C9H10F4O3/c10-8(11)9(12,13)5-15-4-6(14)7-2-1-3-16-7/h2,8H,1,3-5H2. The molecular formula is C9H10F4O3. The minimum Gasteiger partial charge on any atom is -0.490 e. The average molecular weight is 242 g/mol. The summed E-state index contributed by atoms with van der Waals surface area (Å²) < 4.78 is 57.1. The average Bonchev–Trinajstić information content (AvgIpc) is 2.69. The first-order valence-electron chi connectivity index (χ1n) is 4.53. The predicted octanol–water partition coefficient (Wildman–Crippen LogP) is 1.78. The fourth-order valence-corrected chi connectivity index (χ4v) is 1.03. The fraction of sp³-hybridized carbons (Fsp3) is 0.667. The van der Waals surface area contributed by atoms with Crippen LogP contribution in [0.2, 0.25) is 0 Å². The van der Waals surface area contributed by atoms with Crippen molar-refractivity contribution in [1.29, 1.82) is 0 Å². The molecule has 92 valence electrons. The van der Waals surface area contributed by atoms with Crippen molar-refractivity contribution < 1.29 is 31.8 Å². The van der Waals surface area contributed by atoms with E-state index in [-0.39, 0.29) is 5.76 Å². The molecule has 0 atom stereocenters. The molecule has 7 heteroatoms. The van der Waals surface area contributed by atoms with E-state index in [1.54, 1.807) is 0 Å². The third-order valence-electron chi connectivity index (χ3n) is 1.83. The molecule has 0 fully saturated rings. The maximum absolute atomic E-state index is 12.3. The third-order valence-corrected chi connectivity index (χ3v) is 1.83. The van der Waals surface area contributed by atoms with Gasteiger partial charge < -0.3 is 9.47 Å². The summed E-state index contributed by atoms with van der Waals surface area (Å²) in [6.07, 6.45) is -1.74. The minimum absolute atomic E-state index is 0.0420. The zero-order valence-electron chi connectivity index (χ0n) is 8.22. The van der Waals surface area contributed by atoms with Gasteiger partial charge in [-0.2, -0.15) is 8.78 Å². The molecule has 0 aliphatic carbocycles. The Labute approximate surface area is 89.0 Å². The highest BCUT2D eigenvalue weighted by Crippen LogP contribution is 2.23. The number of hydrogen-bond acceptors (Lipinski definition) is 3. The van der Waals surface area contributed by atoms with Crippen LogP contribution in [-0.2, 0) is 14.3 Å². The molecule has 1 aliphatic heterocycles. The summed E-state index contributed by atoms with van der Waals surface area (Å²) in [4.78, 5) is 11.2. The zero-order valence-corrected chi connectivity index (χ0v) is 8.22. The summed E-state index contributed by atoms with van der Waals surface area (Å²) in [6, 6.07) is 0. The molecule has 16 heavy (non-hydrogen) atoms. The normalized spacial score (nSPS) is 16.2. The Morgan fingerprint density at radius 1 is 1.56 bits per heavy atom. The molecular weight excluding hydrogens is 232 g/mol. The van der Waals surface area contributed by atoms with Crippen LogP contribution in [0.5, 0.6) is 0 Å². The molecule has 0 amide bonds. The molecule has 0 aromatic carbocycles. The number of carbonyl (C=O) groups excluding carboxylic acids is 1. The van der Waals surface area contributed by atoms with E-state index in [2.05, 4.69) is 4.74 Å². The molecule has 0 saturated carbocycles. The lowest BCUT2D eigenvalue weighted by Crippen LogP contribution is -2.33. The molecule has 0 aromatic heterocycles. The molecule has 1 heterocycles. The third kappa shape index (κ3) is 3.48. The van der Waals surface area contributed by atoms with Gasteiger partial charge in [-0.1, -0.05) is 0 Å². The molecule has 3 nitrogen and oxygen atoms in total. The van der Waals surface area contributed by atoms with Crippen molar-refractivity contribution in [3.8, 4) is 0 Å². The van der Waals surface area contributed by atoms with Crippen LogP contribution >= 0.6 is 0 Å². The Morgan fingerprint density at radius 3 is 2.75 bits per heavy atom. The van der Waals surface area contributed by atoms with E-state index in [1.807, 2.05) is 0 Å². The number of ether oxygens (including phenoxy) is 2. The summed E-state index contributed by atoms with van der Waals surface area (Å²) in [6.45, 7) is -1.81. The van der Waals surface area contributed by atoms with Gasteiger partial charge in [0.05, 0.1) is 6.61 Å². The molecule has 0 unspecified atom stereocenters. The zero-order chi connectivity index (χ0) is 12.2. The Balaban J connectivity index is 2.27. The first-order chi connectivity index (χ1) is 7.43.